The van der Waals surface area contributed by atoms with Gasteiger partial charge in [0, 0.05) is 6.42 Å². The van der Waals surface area contributed by atoms with Gasteiger partial charge in [-0.3, -0.25) is 0 Å². The molecule has 3 atom stereocenters. The second-order valence-electron chi connectivity index (χ2n) is 6.03. The summed E-state index contributed by atoms with van der Waals surface area (Å²) in [6.07, 6.45) is 3.87. The third-order valence-corrected chi connectivity index (χ3v) is 5.09. The van der Waals surface area contributed by atoms with Crippen molar-refractivity contribution in [3.05, 3.63) is 28.2 Å². The smallest absolute Gasteiger partial charge is 0.133 e. The zero-order valence-electron chi connectivity index (χ0n) is 11.9. The van der Waals surface area contributed by atoms with Gasteiger partial charge in [-0.1, -0.05) is 19.9 Å². The van der Waals surface area contributed by atoms with Crippen LogP contribution in [0.25, 0.3) is 0 Å². The van der Waals surface area contributed by atoms with Crippen molar-refractivity contribution in [2.24, 2.45) is 11.8 Å². The molecule has 19 heavy (non-hydrogen) atoms. The fourth-order valence-corrected chi connectivity index (χ4v) is 3.71. The Morgan fingerprint density at radius 3 is 2.74 bits per heavy atom. The van der Waals surface area contributed by atoms with Gasteiger partial charge in [0.25, 0.3) is 0 Å². The normalized spacial score (nSPS) is 31.2. The minimum absolute atomic E-state index is 0.358. The summed E-state index contributed by atoms with van der Waals surface area (Å²) >= 11 is 3.51. The molecule has 0 saturated heterocycles. The SMILES string of the molecule is COc1ccc(CC2(O)CCC(C)CC2C)cc1Br. The summed E-state index contributed by atoms with van der Waals surface area (Å²) in [6, 6.07) is 6.06. The van der Waals surface area contributed by atoms with Crippen LogP contribution in [0, 0.1) is 11.8 Å². The first-order valence-corrected chi connectivity index (χ1v) is 7.78. The summed E-state index contributed by atoms with van der Waals surface area (Å²) in [5.41, 5.74) is 0.608. The van der Waals surface area contributed by atoms with E-state index < -0.39 is 5.60 Å². The van der Waals surface area contributed by atoms with Crippen molar-refractivity contribution in [3.8, 4) is 5.75 Å². The van der Waals surface area contributed by atoms with Crippen molar-refractivity contribution >= 4 is 15.9 Å². The van der Waals surface area contributed by atoms with E-state index in [1.807, 2.05) is 12.1 Å². The molecule has 0 aromatic heterocycles. The molecule has 1 aromatic carbocycles. The third kappa shape index (κ3) is 3.32. The van der Waals surface area contributed by atoms with E-state index in [1.165, 1.54) is 0 Å². The van der Waals surface area contributed by atoms with Crippen LogP contribution in [0.1, 0.15) is 38.7 Å². The maximum Gasteiger partial charge on any atom is 0.133 e. The molecule has 0 aliphatic heterocycles. The van der Waals surface area contributed by atoms with E-state index >= 15 is 0 Å². The minimum atomic E-state index is -0.555. The van der Waals surface area contributed by atoms with E-state index in [4.69, 9.17) is 4.74 Å². The molecule has 0 spiro atoms. The van der Waals surface area contributed by atoms with E-state index in [2.05, 4.69) is 35.8 Å². The molecule has 0 heterocycles. The molecule has 0 bridgehead atoms. The molecule has 2 nitrogen and oxygen atoms in total. The van der Waals surface area contributed by atoms with Gasteiger partial charge < -0.3 is 9.84 Å². The van der Waals surface area contributed by atoms with Crippen LogP contribution in [0.3, 0.4) is 0 Å². The Labute approximate surface area is 124 Å². The number of hydrogen-bond acceptors (Lipinski definition) is 2. The highest BCUT2D eigenvalue weighted by atomic mass is 79.9. The number of hydrogen-bond donors (Lipinski definition) is 1. The Bertz CT molecular complexity index is 446. The Hall–Kier alpha value is -0.540. The molecular formula is C16H23BrO2. The second-order valence-corrected chi connectivity index (χ2v) is 6.88. The Morgan fingerprint density at radius 2 is 2.16 bits per heavy atom. The summed E-state index contributed by atoms with van der Waals surface area (Å²) in [4.78, 5) is 0. The fourth-order valence-electron chi connectivity index (χ4n) is 3.12. The maximum atomic E-state index is 10.9. The van der Waals surface area contributed by atoms with Crippen molar-refractivity contribution in [3.63, 3.8) is 0 Å². The lowest BCUT2D eigenvalue weighted by Crippen LogP contribution is -2.43. The molecule has 1 aromatic rings. The molecule has 1 aliphatic rings. The van der Waals surface area contributed by atoms with Crippen molar-refractivity contribution in [2.45, 2.75) is 45.1 Å². The average Bonchev–Trinajstić information content (AvgIpc) is 2.35. The van der Waals surface area contributed by atoms with Gasteiger partial charge in [-0.25, -0.2) is 0 Å². The number of halogens is 1. The highest BCUT2D eigenvalue weighted by molar-refractivity contribution is 9.10. The zero-order valence-corrected chi connectivity index (χ0v) is 13.5. The van der Waals surface area contributed by atoms with Gasteiger partial charge in [0.05, 0.1) is 17.2 Å². The van der Waals surface area contributed by atoms with Crippen LogP contribution in [-0.4, -0.2) is 17.8 Å². The van der Waals surface area contributed by atoms with E-state index in [0.29, 0.717) is 5.92 Å². The van der Waals surface area contributed by atoms with Gasteiger partial charge in [0.2, 0.25) is 0 Å². The Kier molecular flexibility index (Phi) is 4.57. The Morgan fingerprint density at radius 1 is 1.42 bits per heavy atom. The van der Waals surface area contributed by atoms with Crippen molar-refractivity contribution in [2.75, 3.05) is 7.11 Å². The average molecular weight is 327 g/mol. The molecule has 1 fully saturated rings. The Balaban J connectivity index is 2.14. The van der Waals surface area contributed by atoms with Crippen molar-refractivity contribution < 1.29 is 9.84 Å². The zero-order chi connectivity index (χ0) is 14.0. The number of aliphatic hydroxyl groups is 1. The van der Waals surface area contributed by atoms with Crippen LogP contribution < -0.4 is 4.74 Å². The molecule has 1 N–H and O–H groups in total. The lowest BCUT2D eigenvalue weighted by Gasteiger charge is -2.41. The minimum Gasteiger partial charge on any atom is -0.496 e. The van der Waals surface area contributed by atoms with Crippen LogP contribution in [-0.2, 0) is 6.42 Å². The molecule has 3 unspecified atom stereocenters. The maximum absolute atomic E-state index is 10.9. The van der Waals surface area contributed by atoms with E-state index in [0.717, 1.165) is 47.4 Å². The number of benzene rings is 1. The lowest BCUT2D eigenvalue weighted by molar-refractivity contribution is -0.0522. The number of methoxy groups -OCH3 is 1. The van der Waals surface area contributed by atoms with Crippen molar-refractivity contribution in [1.82, 2.24) is 0 Å². The molecule has 3 heteroatoms. The molecule has 0 amide bonds. The highest BCUT2D eigenvalue weighted by Crippen LogP contribution is 2.39. The molecular weight excluding hydrogens is 304 g/mol. The third-order valence-electron chi connectivity index (χ3n) is 4.47. The number of rotatable bonds is 3. The van der Waals surface area contributed by atoms with Gasteiger partial charge >= 0.3 is 0 Å². The molecule has 0 radical (unpaired) electrons. The first kappa shape index (κ1) is 14.9. The van der Waals surface area contributed by atoms with E-state index in [9.17, 15) is 5.11 Å². The summed E-state index contributed by atoms with van der Waals surface area (Å²) in [5, 5.41) is 10.9. The number of ether oxygens (including phenoxy) is 1. The summed E-state index contributed by atoms with van der Waals surface area (Å²) in [6.45, 7) is 4.45. The van der Waals surface area contributed by atoms with Gasteiger partial charge in [-0.05, 0) is 64.7 Å². The first-order valence-electron chi connectivity index (χ1n) is 6.99. The molecule has 2 rings (SSSR count). The quantitative estimate of drug-likeness (QED) is 0.902. The van der Waals surface area contributed by atoms with Gasteiger partial charge in [-0.2, -0.15) is 0 Å². The molecule has 1 aliphatic carbocycles. The predicted octanol–water partition coefficient (Wildman–Crippen LogP) is 4.19. The van der Waals surface area contributed by atoms with Gasteiger partial charge in [0.1, 0.15) is 5.75 Å². The highest BCUT2D eigenvalue weighted by Gasteiger charge is 2.38. The van der Waals surface area contributed by atoms with Crippen LogP contribution >= 0.6 is 15.9 Å². The molecule has 1 saturated carbocycles. The largest absolute Gasteiger partial charge is 0.496 e. The van der Waals surface area contributed by atoms with Gasteiger partial charge in [0.15, 0.2) is 0 Å². The first-order chi connectivity index (χ1) is 8.94. The summed E-state index contributed by atoms with van der Waals surface area (Å²) < 4.78 is 6.19. The van der Waals surface area contributed by atoms with Crippen LogP contribution in [0.2, 0.25) is 0 Å². The monoisotopic (exact) mass is 326 g/mol. The summed E-state index contributed by atoms with van der Waals surface area (Å²) in [7, 11) is 1.66. The van der Waals surface area contributed by atoms with Crippen molar-refractivity contribution in [1.29, 1.82) is 0 Å². The second kappa shape index (κ2) is 5.84. The van der Waals surface area contributed by atoms with Crippen LogP contribution in [0.4, 0.5) is 0 Å². The fraction of sp³-hybridized carbons (Fsp3) is 0.625. The predicted molar refractivity (Wildman–Crippen MR) is 81.5 cm³/mol. The van der Waals surface area contributed by atoms with Crippen LogP contribution in [0.5, 0.6) is 5.75 Å². The topological polar surface area (TPSA) is 29.5 Å². The summed E-state index contributed by atoms with van der Waals surface area (Å²) in [5.74, 6) is 1.93. The lowest BCUT2D eigenvalue weighted by atomic mass is 9.70. The van der Waals surface area contributed by atoms with E-state index in [-0.39, 0.29) is 0 Å². The van der Waals surface area contributed by atoms with Crippen LogP contribution in [0.15, 0.2) is 22.7 Å². The van der Waals surface area contributed by atoms with Gasteiger partial charge in [-0.15, -0.1) is 0 Å². The standard InChI is InChI=1S/C16H23BrO2/c1-11-6-7-16(18,12(2)8-11)10-13-4-5-15(19-3)14(17)9-13/h4-5,9,11-12,18H,6-8,10H2,1-3H3. The molecule has 106 valence electrons. The van der Waals surface area contributed by atoms with E-state index in [1.54, 1.807) is 7.11 Å².